The SMILES string of the molecule is CC(=O)C(Cc1ccc(O)cc1)C(=S)NCC(=O)N1C(c2ccc(C)cc2)CC[C@H]1C(=O)O. The van der Waals surface area contributed by atoms with E-state index < -0.39 is 17.9 Å². The number of rotatable bonds is 8. The number of aliphatic carboxylic acids is 1. The van der Waals surface area contributed by atoms with Crippen LogP contribution in [-0.4, -0.2) is 50.3 Å². The van der Waals surface area contributed by atoms with Crippen LogP contribution in [0, 0.1) is 12.8 Å². The van der Waals surface area contributed by atoms with Crippen LogP contribution in [0.1, 0.15) is 42.5 Å². The van der Waals surface area contributed by atoms with Gasteiger partial charge in [-0.05, 0) is 56.4 Å². The van der Waals surface area contributed by atoms with Gasteiger partial charge in [0, 0.05) is 0 Å². The quantitative estimate of drug-likeness (QED) is 0.511. The number of thiocarbonyl (C=S) groups is 1. The Morgan fingerprint density at radius 1 is 1.09 bits per heavy atom. The zero-order chi connectivity index (χ0) is 24.1. The van der Waals surface area contributed by atoms with E-state index in [2.05, 4.69) is 5.32 Å². The fourth-order valence-electron chi connectivity index (χ4n) is 4.18. The molecule has 174 valence electrons. The summed E-state index contributed by atoms with van der Waals surface area (Å²) in [5.74, 6) is -2.05. The second kappa shape index (κ2) is 10.6. The first-order valence-corrected chi connectivity index (χ1v) is 11.2. The van der Waals surface area contributed by atoms with Crippen LogP contribution in [-0.2, 0) is 20.8 Å². The molecule has 0 radical (unpaired) electrons. The van der Waals surface area contributed by atoms with Crippen LogP contribution in [0.25, 0.3) is 0 Å². The van der Waals surface area contributed by atoms with Crippen molar-refractivity contribution in [3.8, 4) is 5.75 Å². The van der Waals surface area contributed by atoms with Crippen molar-refractivity contribution in [3.63, 3.8) is 0 Å². The molecule has 1 heterocycles. The van der Waals surface area contributed by atoms with Crippen molar-refractivity contribution in [1.82, 2.24) is 10.2 Å². The number of benzene rings is 2. The molecule has 1 fully saturated rings. The van der Waals surface area contributed by atoms with E-state index in [1.165, 1.54) is 24.0 Å². The van der Waals surface area contributed by atoms with Gasteiger partial charge in [0.15, 0.2) is 0 Å². The maximum absolute atomic E-state index is 13.1. The predicted molar refractivity (Wildman–Crippen MR) is 128 cm³/mol. The topological polar surface area (TPSA) is 107 Å². The Balaban J connectivity index is 1.70. The maximum Gasteiger partial charge on any atom is 0.326 e. The number of carbonyl (C=O) groups excluding carboxylic acids is 2. The van der Waals surface area contributed by atoms with Crippen molar-refractivity contribution in [3.05, 3.63) is 65.2 Å². The van der Waals surface area contributed by atoms with E-state index in [0.717, 1.165) is 16.7 Å². The smallest absolute Gasteiger partial charge is 0.326 e. The van der Waals surface area contributed by atoms with Crippen LogP contribution in [0.15, 0.2) is 48.5 Å². The summed E-state index contributed by atoms with van der Waals surface area (Å²) in [7, 11) is 0. The van der Waals surface area contributed by atoms with E-state index >= 15 is 0 Å². The molecule has 1 aliphatic rings. The van der Waals surface area contributed by atoms with Gasteiger partial charge in [0.05, 0.1) is 23.5 Å². The number of hydrogen-bond acceptors (Lipinski definition) is 5. The number of nitrogens with zero attached hydrogens (tertiary/aromatic N) is 1. The second-order valence-corrected chi connectivity index (χ2v) is 8.85. The molecule has 3 rings (SSSR count). The monoisotopic (exact) mass is 468 g/mol. The summed E-state index contributed by atoms with van der Waals surface area (Å²) in [5.41, 5.74) is 2.81. The number of aryl methyl sites for hydroxylation is 1. The van der Waals surface area contributed by atoms with Crippen LogP contribution in [0.3, 0.4) is 0 Å². The van der Waals surface area contributed by atoms with Gasteiger partial charge in [0.1, 0.15) is 17.6 Å². The maximum atomic E-state index is 13.1. The third-order valence-corrected chi connectivity index (χ3v) is 6.45. The molecule has 3 atom stereocenters. The standard InChI is InChI=1S/C25H28N2O5S/c1-15-3-7-18(8-4-15)21-11-12-22(25(31)32)27(21)23(30)14-26-24(33)20(16(2)28)13-17-5-9-19(29)10-6-17/h3-10,20-22,29H,11-14H2,1-2H3,(H,26,33)(H,31,32)/t20?,21?,22-/m0/s1. The Morgan fingerprint density at radius 3 is 2.30 bits per heavy atom. The van der Waals surface area contributed by atoms with Crippen LogP contribution >= 0.6 is 12.2 Å². The van der Waals surface area contributed by atoms with Crippen molar-refractivity contribution in [2.24, 2.45) is 5.92 Å². The number of nitrogens with one attached hydrogen (secondary N) is 1. The van der Waals surface area contributed by atoms with Gasteiger partial charge in [-0.1, -0.05) is 54.2 Å². The largest absolute Gasteiger partial charge is 0.508 e. The number of hydrogen-bond donors (Lipinski definition) is 3. The molecule has 2 aromatic rings. The molecule has 1 amide bonds. The lowest BCUT2D eigenvalue weighted by atomic mass is 9.95. The first-order valence-electron chi connectivity index (χ1n) is 10.8. The van der Waals surface area contributed by atoms with Gasteiger partial charge in [-0.25, -0.2) is 4.79 Å². The number of Topliss-reactive ketones (excluding diaryl/α,β-unsaturated/α-hetero) is 1. The first kappa shape index (κ1) is 24.4. The molecular weight excluding hydrogens is 440 g/mol. The van der Waals surface area contributed by atoms with Crippen molar-refractivity contribution in [2.45, 2.75) is 45.2 Å². The Labute approximate surface area is 198 Å². The third-order valence-electron chi connectivity index (χ3n) is 6.02. The Hall–Kier alpha value is -3.26. The molecule has 7 nitrogen and oxygen atoms in total. The molecule has 8 heteroatoms. The van der Waals surface area contributed by atoms with Gasteiger partial charge < -0.3 is 20.4 Å². The molecular formula is C25H28N2O5S. The zero-order valence-electron chi connectivity index (χ0n) is 18.7. The first-order chi connectivity index (χ1) is 15.7. The summed E-state index contributed by atoms with van der Waals surface area (Å²) in [6.07, 6.45) is 1.28. The number of aromatic hydroxyl groups is 1. The van der Waals surface area contributed by atoms with Gasteiger partial charge in [0.2, 0.25) is 5.91 Å². The van der Waals surface area contributed by atoms with E-state index in [4.69, 9.17) is 12.2 Å². The van der Waals surface area contributed by atoms with Crippen LogP contribution < -0.4 is 5.32 Å². The lowest BCUT2D eigenvalue weighted by Gasteiger charge is -2.29. The molecule has 0 aliphatic carbocycles. The second-order valence-electron chi connectivity index (χ2n) is 8.41. The number of likely N-dealkylation sites (tertiary alicyclic amines) is 1. The minimum atomic E-state index is -1.03. The van der Waals surface area contributed by atoms with E-state index in [0.29, 0.717) is 19.3 Å². The van der Waals surface area contributed by atoms with E-state index in [9.17, 15) is 24.6 Å². The lowest BCUT2D eigenvalue weighted by molar-refractivity contribution is -0.149. The van der Waals surface area contributed by atoms with Crippen LogP contribution in [0.2, 0.25) is 0 Å². The van der Waals surface area contributed by atoms with Crippen molar-refractivity contribution in [1.29, 1.82) is 0 Å². The van der Waals surface area contributed by atoms with Crippen molar-refractivity contribution < 1.29 is 24.6 Å². The third kappa shape index (κ3) is 5.96. The molecule has 0 spiro atoms. The summed E-state index contributed by atoms with van der Waals surface area (Å²) in [6, 6.07) is 13.0. The minimum absolute atomic E-state index is 0.131. The van der Waals surface area contributed by atoms with E-state index in [1.54, 1.807) is 12.1 Å². The van der Waals surface area contributed by atoms with Gasteiger partial charge in [-0.2, -0.15) is 0 Å². The van der Waals surface area contributed by atoms with Crippen molar-refractivity contribution >= 4 is 34.9 Å². The van der Waals surface area contributed by atoms with Gasteiger partial charge in [-0.3, -0.25) is 9.59 Å². The number of carboxylic acids is 1. The van der Waals surface area contributed by atoms with Crippen LogP contribution in [0.5, 0.6) is 5.75 Å². The molecule has 0 aromatic heterocycles. The summed E-state index contributed by atoms with van der Waals surface area (Å²) in [5, 5.41) is 22.0. The Kier molecular flexibility index (Phi) is 7.81. The highest BCUT2D eigenvalue weighted by Gasteiger charge is 2.41. The van der Waals surface area contributed by atoms with E-state index in [-0.39, 0.29) is 35.0 Å². The lowest BCUT2D eigenvalue weighted by Crippen LogP contribution is -2.47. The summed E-state index contributed by atoms with van der Waals surface area (Å²) < 4.78 is 0. The Morgan fingerprint density at radius 2 is 1.73 bits per heavy atom. The van der Waals surface area contributed by atoms with Gasteiger partial charge >= 0.3 is 5.97 Å². The number of amides is 1. The number of phenols is 1. The molecule has 3 N–H and O–H groups in total. The fourth-order valence-corrected chi connectivity index (χ4v) is 4.50. The molecule has 2 unspecified atom stereocenters. The summed E-state index contributed by atoms with van der Waals surface area (Å²) >= 11 is 5.42. The molecule has 0 bridgehead atoms. The normalized spacial score (nSPS) is 18.5. The molecule has 2 aromatic carbocycles. The number of ketones is 1. The highest BCUT2D eigenvalue weighted by molar-refractivity contribution is 7.80. The molecule has 1 aliphatic heterocycles. The van der Waals surface area contributed by atoms with Crippen LogP contribution in [0.4, 0.5) is 0 Å². The molecule has 0 saturated carbocycles. The molecule has 1 saturated heterocycles. The van der Waals surface area contributed by atoms with Crippen molar-refractivity contribution in [2.75, 3.05) is 6.54 Å². The van der Waals surface area contributed by atoms with E-state index in [1.807, 2.05) is 31.2 Å². The summed E-state index contributed by atoms with van der Waals surface area (Å²) in [4.78, 5) is 38.8. The molecule has 33 heavy (non-hydrogen) atoms. The Bertz CT molecular complexity index is 1040. The number of carbonyl (C=O) groups is 3. The minimum Gasteiger partial charge on any atom is -0.508 e. The number of carboxylic acid groups (broad SMARTS) is 1. The zero-order valence-corrected chi connectivity index (χ0v) is 19.5. The number of phenolic OH excluding ortho intramolecular Hbond substituents is 1. The predicted octanol–water partition coefficient (Wildman–Crippen LogP) is 3.18. The highest BCUT2D eigenvalue weighted by atomic mass is 32.1. The summed E-state index contributed by atoms with van der Waals surface area (Å²) in [6.45, 7) is 3.22. The highest BCUT2D eigenvalue weighted by Crippen LogP contribution is 2.36. The van der Waals surface area contributed by atoms with Gasteiger partial charge in [0.25, 0.3) is 0 Å². The fraction of sp³-hybridized carbons (Fsp3) is 0.360. The average Bonchev–Trinajstić information content (AvgIpc) is 3.22. The van der Waals surface area contributed by atoms with Gasteiger partial charge in [-0.15, -0.1) is 0 Å². The average molecular weight is 469 g/mol.